The molecule has 130 valence electrons. The van der Waals surface area contributed by atoms with Gasteiger partial charge < -0.3 is 15.0 Å². The minimum absolute atomic E-state index is 0.109. The Morgan fingerprint density at radius 3 is 2.68 bits per heavy atom. The van der Waals surface area contributed by atoms with Gasteiger partial charge in [-0.05, 0) is 42.8 Å². The van der Waals surface area contributed by atoms with Crippen molar-refractivity contribution in [2.24, 2.45) is 0 Å². The Kier molecular flexibility index (Phi) is 3.69. The highest BCUT2D eigenvalue weighted by molar-refractivity contribution is 5.73. The summed E-state index contributed by atoms with van der Waals surface area (Å²) in [4.78, 5) is 16.4. The number of carbonyl (C=O) groups excluding carboxylic acids is 1. The van der Waals surface area contributed by atoms with Crippen LogP contribution in [0.2, 0.25) is 0 Å². The highest BCUT2D eigenvalue weighted by Gasteiger charge is 2.56. The average Bonchev–Trinajstić information content (AvgIpc) is 3.11. The molecule has 5 heteroatoms. The lowest BCUT2D eigenvalue weighted by atomic mass is 9.73. The minimum atomic E-state index is -0.444. The number of ether oxygens (including phenoxy) is 1. The summed E-state index contributed by atoms with van der Waals surface area (Å²) in [6, 6.07) is 16.6. The quantitative estimate of drug-likeness (QED) is 0.915. The number of likely N-dealkylation sites (tertiary alicyclic amines) is 1. The Balaban J connectivity index is 1.88. The van der Waals surface area contributed by atoms with Crippen molar-refractivity contribution in [1.29, 1.82) is 0 Å². The van der Waals surface area contributed by atoms with Crippen molar-refractivity contribution in [3.63, 3.8) is 0 Å². The van der Waals surface area contributed by atoms with E-state index in [-0.39, 0.29) is 11.6 Å². The largest absolute Gasteiger partial charge is 0.412 e. The van der Waals surface area contributed by atoms with Crippen molar-refractivity contribution in [2.75, 3.05) is 32.6 Å². The summed E-state index contributed by atoms with van der Waals surface area (Å²) in [7, 11) is 5.89. The molecule has 2 atom stereocenters. The molecule has 2 aromatic carbocycles. The van der Waals surface area contributed by atoms with Gasteiger partial charge in [0.15, 0.2) is 0 Å². The Morgan fingerprint density at radius 1 is 1.20 bits per heavy atom. The van der Waals surface area contributed by atoms with E-state index in [2.05, 4.69) is 65.6 Å². The number of benzene rings is 2. The number of amides is 1. The van der Waals surface area contributed by atoms with Gasteiger partial charge in [-0.1, -0.05) is 30.3 Å². The number of hydrogen-bond donors (Lipinski definition) is 1. The lowest BCUT2D eigenvalue weighted by Crippen LogP contribution is -2.47. The zero-order valence-corrected chi connectivity index (χ0v) is 14.8. The predicted octanol–water partition coefficient (Wildman–Crippen LogP) is 2.80. The van der Waals surface area contributed by atoms with Gasteiger partial charge in [-0.3, -0.25) is 4.90 Å². The zero-order valence-electron chi connectivity index (χ0n) is 14.8. The second-order valence-corrected chi connectivity index (χ2v) is 6.87. The van der Waals surface area contributed by atoms with E-state index in [9.17, 15) is 4.79 Å². The maximum atomic E-state index is 11.6. The van der Waals surface area contributed by atoms with Gasteiger partial charge in [0.25, 0.3) is 0 Å². The molecule has 2 heterocycles. The average molecular weight is 337 g/mol. The summed E-state index contributed by atoms with van der Waals surface area (Å²) in [5, 5.41) is 2.50. The summed E-state index contributed by atoms with van der Waals surface area (Å²) in [6.07, 6.45) is 0.860. The van der Waals surface area contributed by atoms with Gasteiger partial charge in [0, 0.05) is 26.3 Å². The van der Waals surface area contributed by atoms with Crippen LogP contribution in [0.25, 0.3) is 0 Å². The van der Waals surface area contributed by atoms with Crippen LogP contribution in [0.4, 0.5) is 10.5 Å². The lowest BCUT2D eigenvalue weighted by Gasteiger charge is -2.35. The lowest BCUT2D eigenvalue weighted by molar-refractivity contribution is 0.203. The fourth-order valence-corrected chi connectivity index (χ4v) is 4.60. The number of carbonyl (C=O) groups is 1. The predicted molar refractivity (Wildman–Crippen MR) is 98.2 cm³/mol. The number of fused-ring (bicyclic) bond motifs is 3. The molecule has 25 heavy (non-hydrogen) atoms. The van der Waals surface area contributed by atoms with Crippen LogP contribution in [-0.2, 0) is 5.41 Å². The normalized spacial score (nSPS) is 24.8. The maximum Gasteiger partial charge on any atom is 0.412 e. The van der Waals surface area contributed by atoms with Gasteiger partial charge >= 0.3 is 6.09 Å². The van der Waals surface area contributed by atoms with E-state index in [0.29, 0.717) is 5.75 Å². The van der Waals surface area contributed by atoms with E-state index >= 15 is 0 Å². The number of anilines is 1. The van der Waals surface area contributed by atoms with Gasteiger partial charge in [-0.2, -0.15) is 0 Å². The Bertz CT molecular complexity index is 808. The van der Waals surface area contributed by atoms with E-state index in [1.165, 1.54) is 16.8 Å². The van der Waals surface area contributed by atoms with E-state index in [0.717, 1.165) is 13.0 Å². The van der Waals surface area contributed by atoms with E-state index in [4.69, 9.17) is 4.74 Å². The first-order chi connectivity index (χ1) is 12.1. The van der Waals surface area contributed by atoms with Crippen LogP contribution >= 0.6 is 0 Å². The smallest absolute Gasteiger partial charge is 0.410 e. The van der Waals surface area contributed by atoms with Crippen molar-refractivity contribution >= 4 is 11.8 Å². The van der Waals surface area contributed by atoms with Crippen LogP contribution < -0.4 is 15.0 Å². The van der Waals surface area contributed by atoms with Crippen molar-refractivity contribution in [3.05, 3.63) is 59.7 Å². The zero-order chi connectivity index (χ0) is 17.6. The number of likely N-dealkylation sites (N-methyl/N-ethyl adjacent to an activating group) is 2. The van der Waals surface area contributed by atoms with Crippen LogP contribution in [0.1, 0.15) is 17.5 Å². The van der Waals surface area contributed by atoms with Gasteiger partial charge in [0.1, 0.15) is 5.75 Å². The molecule has 2 aliphatic rings. The van der Waals surface area contributed by atoms with Crippen LogP contribution in [0.15, 0.2) is 48.5 Å². The highest BCUT2D eigenvalue weighted by atomic mass is 16.5. The summed E-state index contributed by atoms with van der Waals surface area (Å²) >= 11 is 0. The molecule has 1 amide bonds. The minimum Gasteiger partial charge on any atom is -0.410 e. The first-order valence-corrected chi connectivity index (χ1v) is 8.60. The van der Waals surface area contributed by atoms with Crippen molar-refractivity contribution < 1.29 is 9.53 Å². The first-order valence-electron chi connectivity index (χ1n) is 8.60. The molecule has 0 saturated carbocycles. The molecule has 1 saturated heterocycles. The Hall–Kier alpha value is -2.53. The van der Waals surface area contributed by atoms with Crippen molar-refractivity contribution in [1.82, 2.24) is 10.2 Å². The summed E-state index contributed by atoms with van der Waals surface area (Å²) in [5.41, 5.74) is 3.64. The van der Waals surface area contributed by atoms with E-state index in [1.807, 2.05) is 12.1 Å². The molecule has 4 rings (SSSR count). The molecule has 0 spiro atoms. The maximum absolute atomic E-state index is 11.6. The van der Waals surface area contributed by atoms with Crippen LogP contribution in [0.3, 0.4) is 0 Å². The Morgan fingerprint density at radius 2 is 1.96 bits per heavy atom. The molecule has 5 nitrogen and oxygen atoms in total. The third-order valence-electron chi connectivity index (χ3n) is 5.62. The molecule has 0 unspecified atom stereocenters. The fourth-order valence-electron chi connectivity index (χ4n) is 4.60. The van der Waals surface area contributed by atoms with Crippen molar-refractivity contribution in [2.45, 2.75) is 18.0 Å². The molecule has 2 aliphatic heterocycles. The number of hydrogen-bond acceptors (Lipinski definition) is 4. The third kappa shape index (κ3) is 2.23. The van der Waals surface area contributed by atoms with Gasteiger partial charge in [0.05, 0.1) is 11.6 Å². The highest BCUT2D eigenvalue weighted by Crippen LogP contribution is 2.55. The second kappa shape index (κ2) is 5.77. The van der Waals surface area contributed by atoms with Crippen LogP contribution in [0.5, 0.6) is 5.75 Å². The van der Waals surface area contributed by atoms with Crippen LogP contribution in [-0.4, -0.2) is 44.8 Å². The molecule has 1 N–H and O–H groups in total. The third-order valence-corrected chi connectivity index (χ3v) is 5.62. The van der Waals surface area contributed by atoms with Crippen LogP contribution in [0, 0.1) is 0 Å². The van der Waals surface area contributed by atoms with Gasteiger partial charge in [-0.25, -0.2) is 4.79 Å². The number of nitrogens with one attached hydrogen (secondary N) is 1. The molecule has 0 bridgehead atoms. The van der Waals surface area contributed by atoms with Crippen molar-refractivity contribution in [3.8, 4) is 5.75 Å². The number of nitrogens with zero attached hydrogens (tertiary/aromatic N) is 2. The number of rotatable bonds is 2. The molecule has 1 fully saturated rings. The molecular weight excluding hydrogens is 314 g/mol. The van der Waals surface area contributed by atoms with Gasteiger partial charge in [0.2, 0.25) is 0 Å². The van der Waals surface area contributed by atoms with E-state index < -0.39 is 6.09 Å². The molecule has 2 aromatic rings. The van der Waals surface area contributed by atoms with Gasteiger partial charge in [-0.15, -0.1) is 0 Å². The SMILES string of the molecule is CNC(=O)Oc1ccc2c(c1)[C@@]1(c3ccccc3)CCN(C)[C@@H]1N2C. The fraction of sp³-hybridized carbons (Fsp3) is 0.350. The van der Waals surface area contributed by atoms with E-state index in [1.54, 1.807) is 7.05 Å². The molecule has 0 aliphatic carbocycles. The second-order valence-electron chi connectivity index (χ2n) is 6.87. The summed E-state index contributed by atoms with van der Waals surface area (Å²) in [5.74, 6) is 0.581. The Labute approximate surface area is 148 Å². The topological polar surface area (TPSA) is 44.8 Å². The summed E-state index contributed by atoms with van der Waals surface area (Å²) in [6.45, 7) is 1.03. The molecule has 0 aromatic heterocycles. The first kappa shape index (κ1) is 16.0. The summed E-state index contributed by atoms with van der Waals surface area (Å²) < 4.78 is 5.40. The molecule has 0 radical (unpaired) electrons. The standard InChI is InChI=1S/C20H23N3O2/c1-21-19(24)25-15-9-10-17-16(13-15)20(14-7-5-4-6-8-14)11-12-22(2)18(20)23(17)3/h4-10,13,18H,11-12H2,1-3H3,(H,21,24)/t18-,20+/m1/s1. The molecular formula is C20H23N3O2. The monoisotopic (exact) mass is 337 g/mol.